The third-order valence-corrected chi connectivity index (χ3v) is 28.4. The van der Waals surface area contributed by atoms with E-state index < -0.39 is 46.1 Å². The fourth-order valence-corrected chi connectivity index (χ4v) is 21.2. The van der Waals surface area contributed by atoms with Crippen molar-refractivity contribution in [2.45, 2.75) is 181 Å². The van der Waals surface area contributed by atoms with Crippen molar-refractivity contribution in [2.75, 3.05) is 91.9 Å². The number of sulfonamides is 4. The topological polar surface area (TPSA) is 314 Å². The molecule has 114 heavy (non-hydrogen) atoms. The van der Waals surface area contributed by atoms with Crippen molar-refractivity contribution in [1.82, 2.24) is 21.3 Å². The van der Waals surface area contributed by atoms with Gasteiger partial charge in [0.2, 0.25) is 5.91 Å². The van der Waals surface area contributed by atoms with Crippen LogP contribution in [0, 0.1) is 27.7 Å². The van der Waals surface area contributed by atoms with E-state index in [4.69, 9.17) is 20.3 Å². The second-order valence-corrected chi connectivity index (χ2v) is 37.0. The van der Waals surface area contributed by atoms with Gasteiger partial charge in [-0.15, -0.1) is 0 Å². The standard InChI is InChI=1S/C24H32N2O4S.C22H29N3O3S.C22H28N2O4S.C19H24N2O3S/c1-4-30-22(27)16-7-5-6-10-17-25-23-19-13-8-9-15-21(19)31(28,29)26(3)24-18(2)12-11-14-20(23)24;1-16-12-13-18-20(15-16)29(27,28)25(2)19-10-7-6-9-17(19)22(18)24-14-8-4-3-5-11-21(23)26;1-16-12-13-18-20(15-16)29(27,28)24(2)19-10-7-6-9-17(19)22(18)23-14-8-4-3-5-11-21(25)26;1-14-9-10-16-18(13-14)25(22,23)21(2)17-8-5-4-7-15(17)19(16)20-11-6-12-24-3/h8-9,11-15,23,25H,4-7,10,16-17H2,1-3H3;6-7,9-10,12-13,15,22,24H,3-5,8,11,14H2,1-2H3,(H2,23,26);6-7,9-10,12-13,15,22-23H,3-5,8,11,14H2,1-2H3,(H,25,26);4-5,7-10,13,19-20H,6,11-12H2,1-3H3. The number of carbonyl (C=O) groups is 3. The monoisotopic (exact) mass is 1640 g/mol. The van der Waals surface area contributed by atoms with E-state index in [0.717, 1.165) is 176 Å². The molecule has 8 aromatic carbocycles. The van der Waals surface area contributed by atoms with Crippen LogP contribution in [-0.2, 0) is 64.0 Å². The highest BCUT2D eigenvalue weighted by atomic mass is 32.2. The Labute approximate surface area is 675 Å². The van der Waals surface area contributed by atoms with E-state index in [1.54, 1.807) is 65.6 Å². The van der Waals surface area contributed by atoms with E-state index in [9.17, 15) is 48.1 Å². The number of aliphatic carboxylic acids is 1. The highest BCUT2D eigenvalue weighted by Gasteiger charge is 2.40. The molecule has 0 bridgehead atoms. The van der Waals surface area contributed by atoms with Crippen molar-refractivity contribution in [1.29, 1.82) is 0 Å². The number of primary amides is 1. The maximum absolute atomic E-state index is 13.3. The summed E-state index contributed by atoms with van der Waals surface area (Å²) in [6.45, 7) is 13.6. The van der Waals surface area contributed by atoms with E-state index in [2.05, 4.69) is 21.3 Å². The van der Waals surface area contributed by atoms with Crippen LogP contribution in [0.5, 0.6) is 0 Å². The number of para-hydroxylation sites is 4. The smallest absolute Gasteiger partial charge is 0.305 e. The van der Waals surface area contributed by atoms with Gasteiger partial charge >= 0.3 is 11.9 Å². The molecule has 0 aromatic heterocycles. The number of nitrogens with two attached hydrogens (primary N) is 1. The normalized spacial score (nSPS) is 17.4. The second-order valence-electron chi connectivity index (χ2n) is 29.3. The summed E-state index contributed by atoms with van der Waals surface area (Å²) in [6.07, 6.45) is 12.8. The number of benzene rings is 8. The summed E-state index contributed by atoms with van der Waals surface area (Å²) in [7, 11) is -6.35. The van der Waals surface area contributed by atoms with Crippen LogP contribution >= 0.6 is 0 Å². The van der Waals surface area contributed by atoms with E-state index in [0.29, 0.717) is 69.1 Å². The Morgan fingerprint density at radius 3 is 1.11 bits per heavy atom. The second kappa shape index (κ2) is 41.0. The van der Waals surface area contributed by atoms with Gasteiger partial charge in [-0.3, -0.25) is 31.6 Å². The molecule has 0 aliphatic carbocycles. The van der Waals surface area contributed by atoms with Crippen LogP contribution in [0.2, 0.25) is 0 Å². The molecule has 0 radical (unpaired) electrons. The number of aryl methyl sites for hydroxylation is 4. The number of hydrogen-bond donors (Lipinski definition) is 6. The number of amides is 1. The number of esters is 1. The van der Waals surface area contributed by atoms with E-state index >= 15 is 0 Å². The summed E-state index contributed by atoms with van der Waals surface area (Å²) in [4.78, 5) is 34.3. The van der Waals surface area contributed by atoms with Gasteiger partial charge in [-0.25, -0.2) is 33.7 Å². The largest absolute Gasteiger partial charge is 0.481 e. The van der Waals surface area contributed by atoms with Gasteiger partial charge in [-0.2, -0.15) is 0 Å². The molecule has 23 nitrogen and oxygen atoms in total. The van der Waals surface area contributed by atoms with Gasteiger partial charge < -0.3 is 41.6 Å². The van der Waals surface area contributed by atoms with Crippen molar-refractivity contribution in [3.8, 4) is 0 Å². The number of carboxylic acid groups (broad SMARTS) is 1. The first kappa shape index (κ1) is 88.9. The quantitative estimate of drug-likeness (QED) is 0.0180. The summed E-state index contributed by atoms with van der Waals surface area (Å²) in [6, 6.07) is 52.2. The van der Waals surface area contributed by atoms with Crippen molar-refractivity contribution in [3.63, 3.8) is 0 Å². The molecular formula is C87H113N9O14S4. The van der Waals surface area contributed by atoms with Crippen molar-refractivity contribution < 1.29 is 62.6 Å². The Bertz CT molecular complexity index is 4960. The van der Waals surface area contributed by atoms with E-state index in [-0.39, 0.29) is 42.5 Å². The van der Waals surface area contributed by atoms with Crippen LogP contribution in [-0.4, -0.2) is 131 Å². The molecule has 4 atom stereocenters. The number of fused-ring (bicyclic) bond motifs is 8. The molecule has 4 aliphatic heterocycles. The number of rotatable bonds is 30. The van der Waals surface area contributed by atoms with Crippen LogP contribution < -0.4 is 44.2 Å². The molecule has 0 fully saturated rings. The number of carboxylic acids is 1. The number of anilines is 4. The highest BCUT2D eigenvalue weighted by Crippen LogP contribution is 2.45. The SMILES string of the molecule is CCOC(=O)CCCCCCNC1c2ccccc2S(=O)(=O)N(C)c2c(C)cccc21.COCCCNC1c2ccccc2N(C)S(=O)(=O)c2cc(C)ccc21.Cc1ccc2c(c1)S(=O)(=O)N(C)c1ccccc1C2NCCCCCCC(=O)O.Cc1ccc2c(c1)S(=O)(=O)N(C)c1ccccc1C2NCCCCCCC(N)=O. The third-order valence-electron chi connectivity index (χ3n) is 21.1. The average Bonchev–Trinajstić information content (AvgIpc) is 1.62. The number of unbranched alkanes of at least 4 members (excludes halogenated alkanes) is 9. The molecular weight excluding hydrogens is 1520 g/mol. The van der Waals surface area contributed by atoms with Crippen molar-refractivity contribution >= 4 is 80.7 Å². The summed E-state index contributed by atoms with van der Waals surface area (Å²) >= 11 is 0. The lowest BCUT2D eigenvalue weighted by atomic mass is 9.95. The number of nitrogens with zero attached hydrogens (tertiary/aromatic N) is 4. The minimum atomic E-state index is -3.64. The predicted octanol–water partition coefficient (Wildman–Crippen LogP) is 14.3. The molecule has 4 unspecified atom stereocenters. The highest BCUT2D eigenvalue weighted by molar-refractivity contribution is 7.93. The molecule has 7 N–H and O–H groups in total. The summed E-state index contributed by atoms with van der Waals surface area (Å²) in [5.41, 5.74) is 18.6. The Hall–Kier alpha value is -9.03. The molecule has 0 spiro atoms. The minimum absolute atomic E-state index is 0.131. The summed E-state index contributed by atoms with van der Waals surface area (Å²) in [5, 5.41) is 22.9. The minimum Gasteiger partial charge on any atom is -0.481 e. The number of nitrogens with one attached hydrogen (secondary N) is 4. The molecule has 4 heterocycles. The van der Waals surface area contributed by atoms with Gasteiger partial charge in [0.05, 0.1) is 73.1 Å². The number of carbonyl (C=O) groups excluding carboxylic acids is 2. The number of methoxy groups -OCH3 is 1. The van der Waals surface area contributed by atoms with Gasteiger partial charge in [-0.05, 0) is 215 Å². The first-order valence-electron chi connectivity index (χ1n) is 39.3. The predicted molar refractivity (Wildman–Crippen MR) is 451 cm³/mol. The van der Waals surface area contributed by atoms with Crippen molar-refractivity contribution in [2.24, 2.45) is 5.73 Å². The Kier molecular flexibility index (Phi) is 32.0. The lowest BCUT2D eigenvalue weighted by Gasteiger charge is -2.24. The molecule has 4 aliphatic rings. The van der Waals surface area contributed by atoms with Crippen LogP contribution in [0.3, 0.4) is 0 Å². The summed E-state index contributed by atoms with van der Waals surface area (Å²) < 4.78 is 121. The zero-order valence-electron chi connectivity index (χ0n) is 67.3. The van der Waals surface area contributed by atoms with Gasteiger partial charge in [0, 0.05) is 61.2 Å². The van der Waals surface area contributed by atoms with Crippen LogP contribution in [0.4, 0.5) is 22.7 Å². The molecule has 27 heteroatoms. The van der Waals surface area contributed by atoms with Gasteiger partial charge in [0.25, 0.3) is 40.1 Å². The number of hydrogen-bond acceptors (Lipinski definition) is 17. The zero-order valence-corrected chi connectivity index (χ0v) is 70.6. The fraction of sp³-hybridized carbons (Fsp3) is 0.414. The maximum Gasteiger partial charge on any atom is 0.305 e. The molecule has 1 amide bonds. The lowest BCUT2D eigenvalue weighted by Crippen LogP contribution is -2.27. The first-order valence-corrected chi connectivity index (χ1v) is 45.1. The van der Waals surface area contributed by atoms with E-state index in [1.165, 1.54) is 17.2 Å². The first-order chi connectivity index (χ1) is 54.5. The summed E-state index contributed by atoms with van der Waals surface area (Å²) in [5.74, 6) is -1.14. The van der Waals surface area contributed by atoms with Crippen LogP contribution in [0.25, 0.3) is 0 Å². The molecule has 0 saturated heterocycles. The average molecular weight is 1640 g/mol. The molecule has 8 aromatic rings. The lowest BCUT2D eigenvalue weighted by molar-refractivity contribution is -0.143. The number of ether oxygens (including phenoxy) is 2. The molecule has 614 valence electrons. The Morgan fingerprint density at radius 2 is 0.719 bits per heavy atom. The van der Waals surface area contributed by atoms with Crippen molar-refractivity contribution in [3.05, 3.63) is 237 Å². The Morgan fingerprint density at radius 1 is 0.386 bits per heavy atom. The molecule has 12 rings (SSSR count). The van der Waals surface area contributed by atoms with Gasteiger partial charge in [0.1, 0.15) is 0 Å². The Balaban J connectivity index is 0.000000175. The van der Waals surface area contributed by atoms with Crippen LogP contribution in [0.15, 0.2) is 189 Å². The van der Waals surface area contributed by atoms with Gasteiger partial charge in [-0.1, -0.05) is 166 Å². The van der Waals surface area contributed by atoms with E-state index in [1.807, 2.05) is 174 Å². The fourth-order valence-electron chi connectivity index (χ4n) is 15.0. The maximum atomic E-state index is 13.3. The van der Waals surface area contributed by atoms with Gasteiger partial charge in [0.15, 0.2) is 0 Å². The zero-order chi connectivity index (χ0) is 82.5. The van der Waals surface area contributed by atoms with Crippen LogP contribution in [0.1, 0.15) is 201 Å². The molecule has 0 saturated carbocycles. The third kappa shape index (κ3) is 21.5.